The molecule has 0 aliphatic rings. The molecule has 0 bridgehead atoms. The molecule has 0 fully saturated rings. The normalized spacial score (nSPS) is 12.5. The van der Waals surface area contributed by atoms with Crippen LogP contribution >= 0.6 is 11.6 Å². The average Bonchev–Trinajstić information content (AvgIpc) is 3.44. The molecule has 0 saturated carbocycles. The van der Waals surface area contributed by atoms with Gasteiger partial charge in [-0.15, -0.1) is 0 Å². The lowest BCUT2D eigenvalue weighted by molar-refractivity contribution is 0.420. The van der Waals surface area contributed by atoms with Crippen molar-refractivity contribution in [2.24, 2.45) is 0 Å². The van der Waals surface area contributed by atoms with Crippen LogP contribution in [0.25, 0.3) is 60.2 Å². The van der Waals surface area contributed by atoms with Gasteiger partial charge in [-0.3, -0.25) is 0 Å². The Kier molecular flexibility index (Phi) is 4.90. The predicted molar refractivity (Wildman–Crippen MR) is 161 cm³/mol. The summed E-state index contributed by atoms with van der Waals surface area (Å²) in [5, 5.41) is 7.49. The third kappa shape index (κ3) is 3.28. The van der Waals surface area contributed by atoms with Gasteiger partial charge in [-0.2, -0.15) is 0 Å². The second-order valence-corrected chi connectivity index (χ2v) is 11.6. The first kappa shape index (κ1) is 23.2. The summed E-state index contributed by atoms with van der Waals surface area (Å²) >= 11 is 6.91. The zero-order chi connectivity index (χ0) is 26.3. The fraction of sp³-hybridized carbons (Fsp3) is 0.176. The number of hydrogen-bond donors (Lipinski definition) is 0. The molecule has 0 unspecified atom stereocenters. The van der Waals surface area contributed by atoms with Gasteiger partial charge in [0.05, 0.1) is 28.6 Å². The molecule has 7 aromatic rings. The van der Waals surface area contributed by atoms with Crippen LogP contribution in [0.1, 0.15) is 31.9 Å². The number of benzene rings is 5. The molecule has 0 radical (unpaired) electrons. The van der Waals surface area contributed by atoms with Crippen LogP contribution in [-0.2, 0) is 5.41 Å². The first-order chi connectivity index (χ1) is 18.2. The topological polar surface area (TPSA) is 27.3 Å². The maximum Gasteiger partial charge on any atom is 0.136 e. The Hall–Kier alpha value is -3.95. The second-order valence-electron chi connectivity index (χ2n) is 11.2. The van der Waals surface area contributed by atoms with Gasteiger partial charge in [0.25, 0.3) is 0 Å². The van der Waals surface area contributed by atoms with Crippen LogP contribution in [0.2, 0.25) is 5.02 Å². The van der Waals surface area contributed by atoms with Crippen molar-refractivity contribution >= 4 is 66.1 Å². The Labute approximate surface area is 226 Å². The molecule has 2 aromatic heterocycles. The number of furan rings is 1. The van der Waals surface area contributed by atoms with Crippen LogP contribution in [0.4, 0.5) is 0 Å². The van der Waals surface area contributed by atoms with Gasteiger partial charge >= 0.3 is 0 Å². The van der Waals surface area contributed by atoms with Crippen molar-refractivity contribution in [3.05, 3.63) is 95.0 Å². The smallest absolute Gasteiger partial charge is 0.136 e. The highest BCUT2D eigenvalue weighted by Crippen LogP contribution is 2.43. The van der Waals surface area contributed by atoms with E-state index in [1.165, 1.54) is 16.5 Å². The van der Waals surface area contributed by atoms with Gasteiger partial charge < -0.3 is 13.7 Å². The van der Waals surface area contributed by atoms with Gasteiger partial charge in [0.2, 0.25) is 0 Å². The summed E-state index contributed by atoms with van der Waals surface area (Å²) in [7, 11) is 1.72. The molecule has 5 aromatic carbocycles. The first-order valence-electron chi connectivity index (χ1n) is 12.9. The van der Waals surface area contributed by atoms with Crippen molar-refractivity contribution in [3.63, 3.8) is 0 Å². The van der Waals surface area contributed by atoms with E-state index in [0.29, 0.717) is 5.02 Å². The van der Waals surface area contributed by atoms with Crippen molar-refractivity contribution in [1.29, 1.82) is 0 Å². The van der Waals surface area contributed by atoms with E-state index >= 15 is 0 Å². The van der Waals surface area contributed by atoms with Crippen LogP contribution in [0.3, 0.4) is 0 Å². The third-order valence-electron chi connectivity index (χ3n) is 7.76. The molecule has 188 valence electrons. The third-order valence-corrected chi connectivity index (χ3v) is 8.06. The lowest BCUT2D eigenvalue weighted by Crippen LogP contribution is -2.10. The van der Waals surface area contributed by atoms with E-state index in [9.17, 15) is 0 Å². The number of halogens is 1. The Bertz CT molecular complexity index is 2070. The molecule has 0 saturated heterocycles. The van der Waals surface area contributed by atoms with E-state index in [1.54, 1.807) is 7.11 Å². The van der Waals surface area contributed by atoms with Crippen molar-refractivity contribution in [3.8, 4) is 11.4 Å². The molecule has 3 nitrogen and oxygen atoms in total. The maximum atomic E-state index is 6.91. The standard InChI is InChI=1S/C34H28ClNO2/c1-19-6-10-24-30(16-19)38-29-14-7-20-17-22(9-11-23(20)31(24)29)36-27-13-8-21(34(2,3)4)18-25(27)32-28(37-5)15-12-26(35)33(32)36/h6-18H,1-5H3. The first-order valence-corrected chi connectivity index (χ1v) is 13.3. The Morgan fingerprint density at radius 1 is 0.763 bits per heavy atom. The van der Waals surface area contributed by atoms with E-state index in [4.69, 9.17) is 20.8 Å². The lowest BCUT2D eigenvalue weighted by Gasteiger charge is -2.19. The number of hydrogen-bond acceptors (Lipinski definition) is 2. The summed E-state index contributed by atoms with van der Waals surface area (Å²) in [5.74, 6) is 0.821. The quantitative estimate of drug-likeness (QED) is 0.228. The summed E-state index contributed by atoms with van der Waals surface area (Å²) < 4.78 is 14.3. The molecule has 0 amide bonds. The fourth-order valence-corrected chi connectivity index (χ4v) is 6.06. The minimum absolute atomic E-state index is 0.0225. The minimum Gasteiger partial charge on any atom is -0.496 e. The van der Waals surface area contributed by atoms with E-state index in [2.05, 4.69) is 99.0 Å². The number of nitrogens with zero attached hydrogens (tertiary/aromatic N) is 1. The van der Waals surface area contributed by atoms with Crippen LogP contribution in [0.15, 0.2) is 83.3 Å². The van der Waals surface area contributed by atoms with Crippen molar-refractivity contribution in [2.75, 3.05) is 7.11 Å². The predicted octanol–water partition coefficient (Wildman–Crippen LogP) is 10.1. The molecule has 0 atom stereocenters. The zero-order valence-electron chi connectivity index (χ0n) is 22.1. The average molecular weight is 518 g/mol. The highest BCUT2D eigenvalue weighted by Gasteiger charge is 2.22. The number of methoxy groups -OCH3 is 1. The molecule has 0 aliphatic carbocycles. The highest BCUT2D eigenvalue weighted by molar-refractivity contribution is 6.37. The molecular formula is C34H28ClNO2. The maximum absolute atomic E-state index is 6.91. The van der Waals surface area contributed by atoms with Crippen LogP contribution in [0.5, 0.6) is 5.75 Å². The molecule has 0 spiro atoms. The van der Waals surface area contributed by atoms with Crippen molar-refractivity contribution in [1.82, 2.24) is 4.57 Å². The van der Waals surface area contributed by atoms with Crippen LogP contribution in [-0.4, -0.2) is 11.7 Å². The fourth-order valence-electron chi connectivity index (χ4n) is 5.82. The molecular weight excluding hydrogens is 490 g/mol. The summed E-state index contributed by atoms with van der Waals surface area (Å²) in [6.07, 6.45) is 0. The van der Waals surface area contributed by atoms with Gasteiger partial charge in [-0.1, -0.05) is 62.7 Å². The molecule has 2 heterocycles. The summed E-state index contributed by atoms with van der Waals surface area (Å²) in [6.45, 7) is 8.81. The molecule has 38 heavy (non-hydrogen) atoms. The van der Waals surface area contributed by atoms with Gasteiger partial charge in [-0.25, -0.2) is 0 Å². The Balaban J connectivity index is 1.56. The van der Waals surface area contributed by atoms with Crippen LogP contribution in [0, 0.1) is 6.92 Å². The highest BCUT2D eigenvalue weighted by atomic mass is 35.5. The lowest BCUT2D eigenvalue weighted by atomic mass is 9.86. The van der Waals surface area contributed by atoms with Gasteiger partial charge in [0.1, 0.15) is 16.9 Å². The van der Waals surface area contributed by atoms with Crippen LogP contribution < -0.4 is 4.74 Å². The Morgan fingerprint density at radius 3 is 2.37 bits per heavy atom. The number of aromatic nitrogens is 1. The van der Waals surface area contributed by atoms with E-state index < -0.39 is 0 Å². The summed E-state index contributed by atoms with van der Waals surface area (Å²) in [5.41, 5.74) is 7.43. The number of aryl methyl sites for hydroxylation is 1. The zero-order valence-corrected chi connectivity index (χ0v) is 22.9. The molecule has 0 aliphatic heterocycles. The van der Waals surface area contributed by atoms with Crippen molar-refractivity contribution in [2.45, 2.75) is 33.1 Å². The van der Waals surface area contributed by atoms with Gasteiger partial charge in [0.15, 0.2) is 0 Å². The number of rotatable bonds is 2. The SMILES string of the molecule is COc1ccc(Cl)c2c1c1cc(C(C)(C)C)ccc1n2-c1ccc2c(ccc3oc4cc(C)ccc4c32)c1. The molecule has 7 rings (SSSR count). The summed E-state index contributed by atoms with van der Waals surface area (Å²) in [4.78, 5) is 0. The molecule has 0 N–H and O–H groups in total. The second kappa shape index (κ2) is 8.02. The number of ether oxygens (including phenoxy) is 1. The van der Waals surface area contributed by atoms with Gasteiger partial charge in [-0.05, 0) is 82.8 Å². The minimum atomic E-state index is 0.0225. The largest absolute Gasteiger partial charge is 0.496 e. The van der Waals surface area contributed by atoms with Crippen molar-refractivity contribution < 1.29 is 9.15 Å². The van der Waals surface area contributed by atoms with E-state index in [-0.39, 0.29) is 5.41 Å². The number of fused-ring (bicyclic) bond motifs is 8. The summed E-state index contributed by atoms with van der Waals surface area (Å²) in [6, 6.07) is 27.9. The van der Waals surface area contributed by atoms with E-state index in [1.807, 2.05) is 12.1 Å². The van der Waals surface area contributed by atoms with E-state index in [0.717, 1.165) is 60.6 Å². The monoisotopic (exact) mass is 517 g/mol. The molecule has 4 heteroatoms. The Morgan fingerprint density at radius 2 is 1.58 bits per heavy atom. The van der Waals surface area contributed by atoms with Gasteiger partial charge in [0, 0.05) is 21.8 Å².